The Morgan fingerprint density at radius 3 is 2.88 bits per heavy atom. The molecule has 1 aliphatic rings. The fourth-order valence-corrected chi connectivity index (χ4v) is 1.91. The fraction of sp³-hybridized carbons (Fsp3) is 0.286. The van der Waals surface area contributed by atoms with Gasteiger partial charge in [0, 0.05) is 18.2 Å². The second-order valence-corrected chi connectivity index (χ2v) is 4.43. The van der Waals surface area contributed by atoms with Crippen LogP contribution >= 0.6 is 0 Å². The van der Waals surface area contributed by atoms with E-state index in [-0.39, 0.29) is 5.82 Å². The van der Waals surface area contributed by atoms with Crippen molar-refractivity contribution in [2.75, 3.05) is 0 Å². The van der Waals surface area contributed by atoms with E-state index in [2.05, 4.69) is 5.32 Å². The van der Waals surface area contributed by atoms with Gasteiger partial charge < -0.3 is 9.73 Å². The van der Waals surface area contributed by atoms with Crippen LogP contribution in [0.15, 0.2) is 41.0 Å². The number of furan rings is 1. The molecular formula is C14H14FNO. The van der Waals surface area contributed by atoms with E-state index in [1.807, 2.05) is 18.2 Å². The Bertz CT molecular complexity index is 503. The summed E-state index contributed by atoms with van der Waals surface area (Å²) in [6.07, 6.45) is 4.10. The molecule has 0 amide bonds. The molecule has 1 aromatic carbocycles. The van der Waals surface area contributed by atoms with Gasteiger partial charge in [0.1, 0.15) is 11.6 Å². The molecule has 0 atom stereocenters. The first-order valence-corrected chi connectivity index (χ1v) is 5.88. The number of halogens is 1. The quantitative estimate of drug-likeness (QED) is 0.873. The van der Waals surface area contributed by atoms with Crippen molar-refractivity contribution in [3.05, 3.63) is 48.0 Å². The largest absolute Gasteiger partial charge is 0.464 e. The van der Waals surface area contributed by atoms with Gasteiger partial charge in [0.15, 0.2) is 0 Å². The van der Waals surface area contributed by atoms with Crippen molar-refractivity contribution < 1.29 is 8.81 Å². The maximum absolute atomic E-state index is 13.3. The Morgan fingerprint density at radius 2 is 2.18 bits per heavy atom. The van der Waals surface area contributed by atoms with E-state index in [0.29, 0.717) is 6.04 Å². The molecule has 88 valence electrons. The van der Waals surface area contributed by atoms with Crippen LogP contribution in [0.4, 0.5) is 4.39 Å². The lowest BCUT2D eigenvalue weighted by molar-refractivity contribution is 0.577. The Labute approximate surface area is 99.5 Å². The van der Waals surface area contributed by atoms with Crippen molar-refractivity contribution in [1.82, 2.24) is 5.32 Å². The second-order valence-electron chi connectivity index (χ2n) is 4.43. The van der Waals surface area contributed by atoms with Gasteiger partial charge in [-0.15, -0.1) is 0 Å². The smallest absolute Gasteiger partial charge is 0.134 e. The van der Waals surface area contributed by atoms with Crippen LogP contribution in [0.3, 0.4) is 0 Å². The molecule has 1 saturated carbocycles. The maximum atomic E-state index is 13.3. The third-order valence-electron chi connectivity index (χ3n) is 3.02. The molecule has 1 N–H and O–H groups in total. The molecule has 3 rings (SSSR count). The minimum Gasteiger partial charge on any atom is -0.464 e. The summed E-state index contributed by atoms with van der Waals surface area (Å²) in [5.74, 6) is 0.490. The van der Waals surface area contributed by atoms with Gasteiger partial charge in [0.2, 0.25) is 0 Å². The van der Waals surface area contributed by atoms with Crippen molar-refractivity contribution in [3.8, 4) is 11.3 Å². The summed E-state index contributed by atoms with van der Waals surface area (Å²) in [5, 5.41) is 3.43. The molecule has 3 heteroatoms. The molecule has 2 aromatic rings. The number of benzene rings is 1. The minimum atomic E-state index is -0.230. The zero-order valence-electron chi connectivity index (χ0n) is 9.45. The van der Waals surface area contributed by atoms with E-state index in [1.165, 1.54) is 25.0 Å². The molecule has 0 saturated heterocycles. The van der Waals surface area contributed by atoms with Gasteiger partial charge in [-0.3, -0.25) is 0 Å². The predicted molar refractivity (Wildman–Crippen MR) is 64.0 cm³/mol. The van der Waals surface area contributed by atoms with Crippen LogP contribution in [0, 0.1) is 5.82 Å². The molecule has 1 aromatic heterocycles. The first-order chi connectivity index (χ1) is 8.33. The average molecular weight is 231 g/mol. The van der Waals surface area contributed by atoms with Crippen molar-refractivity contribution in [1.29, 1.82) is 0 Å². The number of hydrogen-bond acceptors (Lipinski definition) is 2. The standard InChI is InChI=1S/C14H14FNO/c15-11-4-3-10(9-16-12-5-6-12)13(8-11)14-2-1-7-17-14/h1-4,7-8,12,16H,5-6,9H2. The van der Waals surface area contributed by atoms with Crippen LogP contribution in [0.1, 0.15) is 18.4 Å². The second kappa shape index (κ2) is 4.34. The summed E-state index contributed by atoms with van der Waals surface area (Å²) in [7, 11) is 0. The van der Waals surface area contributed by atoms with Crippen LogP contribution in [0.25, 0.3) is 11.3 Å². The third-order valence-corrected chi connectivity index (χ3v) is 3.02. The highest BCUT2D eigenvalue weighted by molar-refractivity contribution is 5.62. The zero-order valence-corrected chi connectivity index (χ0v) is 9.45. The van der Waals surface area contributed by atoms with E-state index in [1.54, 1.807) is 6.26 Å². The zero-order chi connectivity index (χ0) is 11.7. The van der Waals surface area contributed by atoms with Crippen molar-refractivity contribution in [2.45, 2.75) is 25.4 Å². The molecule has 1 fully saturated rings. The summed E-state index contributed by atoms with van der Waals surface area (Å²) in [6.45, 7) is 0.765. The van der Waals surface area contributed by atoms with Gasteiger partial charge >= 0.3 is 0 Å². The van der Waals surface area contributed by atoms with Crippen molar-refractivity contribution >= 4 is 0 Å². The summed E-state index contributed by atoms with van der Waals surface area (Å²) in [6, 6.07) is 9.17. The van der Waals surface area contributed by atoms with Crippen LogP contribution in [-0.2, 0) is 6.54 Å². The fourth-order valence-electron chi connectivity index (χ4n) is 1.91. The molecule has 1 aliphatic carbocycles. The molecule has 2 nitrogen and oxygen atoms in total. The van der Waals surface area contributed by atoms with Gasteiger partial charge in [-0.25, -0.2) is 4.39 Å². The molecule has 0 aliphatic heterocycles. The summed E-state index contributed by atoms with van der Waals surface area (Å²) < 4.78 is 18.6. The number of hydrogen-bond donors (Lipinski definition) is 1. The lowest BCUT2D eigenvalue weighted by Crippen LogP contribution is -2.15. The summed E-state index contributed by atoms with van der Waals surface area (Å²) >= 11 is 0. The lowest BCUT2D eigenvalue weighted by Gasteiger charge is -2.08. The highest BCUT2D eigenvalue weighted by Crippen LogP contribution is 2.26. The first kappa shape index (κ1) is 10.5. The SMILES string of the molecule is Fc1ccc(CNC2CC2)c(-c2ccco2)c1. The van der Waals surface area contributed by atoms with E-state index >= 15 is 0 Å². The summed E-state index contributed by atoms with van der Waals surface area (Å²) in [5.41, 5.74) is 1.91. The van der Waals surface area contributed by atoms with Gasteiger partial charge in [-0.2, -0.15) is 0 Å². The normalized spacial score (nSPS) is 15.1. The van der Waals surface area contributed by atoms with Crippen molar-refractivity contribution in [2.24, 2.45) is 0 Å². The van der Waals surface area contributed by atoms with Gasteiger partial charge in [-0.1, -0.05) is 6.07 Å². The molecule has 17 heavy (non-hydrogen) atoms. The monoisotopic (exact) mass is 231 g/mol. The van der Waals surface area contributed by atoms with Gasteiger partial charge in [0.05, 0.1) is 6.26 Å². The van der Waals surface area contributed by atoms with Crippen LogP contribution in [0.5, 0.6) is 0 Å². The van der Waals surface area contributed by atoms with Gasteiger partial charge in [-0.05, 0) is 42.7 Å². The average Bonchev–Trinajstić information content (AvgIpc) is 3.00. The molecule has 0 unspecified atom stereocenters. The van der Waals surface area contributed by atoms with E-state index in [9.17, 15) is 4.39 Å². The first-order valence-electron chi connectivity index (χ1n) is 5.88. The molecule has 0 spiro atoms. The van der Waals surface area contributed by atoms with E-state index < -0.39 is 0 Å². The molecule has 0 radical (unpaired) electrons. The Balaban J connectivity index is 1.89. The van der Waals surface area contributed by atoms with E-state index in [0.717, 1.165) is 23.4 Å². The van der Waals surface area contributed by atoms with Crippen LogP contribution in [0.2, 0.25) is 0 Å². The van der Waals surface area contributed by atoms with Crippen LogP contribution in [-0.4, -0.2) is 6.04 Å². The van der Waals surface area contributed by atoms with E-state index in [4.69, 9.17) is 4.42 Å². The predicted octanol–water partition coefficient (Wildman–Crippen LogP) is 3.34. The highest BCUT2D eigenvalue weighted by Gasteiger charge is 2.20. The lowest BCUT2D eigenvalue weighted by atomic mass is 10.0. The summed E-state index contributed by atoms with van der Waals surface area (Å²) in [4.78, 5) is 0. The van der Waals surface area contributed by atoms with Gasteiger partial charge in [0.25, 0.3) is 0 Å². The molecule has 0 bridgehead atoms. The number of rotatable bonds is 4. The highest BCUT2D eigenvalue weighted by atomic mass is 19.1. The molecule has 1 heterocycles. The number of nitrogens with one attached hydrogen (secondary N) is 1. The van der Waals surface area contributed by atoms with Crippen molar-refractivity contribution in [3.63, 3.8) is 0 Å². The topological polar surface area (TPSA) is 25.2 Å². The maximum Gasteiger partial charge on any atom is 0.134 e. The Morgan fingerprint density at radius 1 is 1.29 bits per heavy atom. The van der Waals surface area contributed by atoms with Crippen LogP contribution < -0.4 is 5.32 Å². The minimum absolute atomic E-state index is 0.230. The third kappa shape index (κ3) is 2.39. The Hall–Kier alpha value is -1.61. The molecular weight excluding hydrogens is 217 g/mol. The Kier molecular flexibility index (Phi) is 2.69.